The number of ether oxygens (including phenoxy) is 6. The van der Waals surface area contributed by atoms with Crippen molar-refractivity contribution in [2.24, 2.45) is 0 Å². The molecule has 5 aliphatic carbocycles. The molecule has 9 N–H and O–H groups in total. The Morgan fingerprint density at radius 1 is 0.389 bits per heavy atom. The molecule has 0 aliphatic heterocycles. The zero-order chi connectivity index (χ0) is 94.5. The van der Waals surface area contributed by atoms with E-state index >= 15 is 0 Å². The van der Waals surface area contributed by atoms with Crippen molar-refractivity contribution in [1.82, 2.24) is 44.1 Å². The van der Waals surface area contributed by atoms with E-state index in [4.69, 9.17) is 86.4 Å². The van der Waals surface area contributed by atoms with Gasteiger partial charge in [0.15, 0.2) is 5.78 Å². The Labute approximate surface area is 788 Å². The summed E-state index contributed by atoms with van der Waals surface area (Å²) in [6.45, 7) is 7.73. The van der Waals surface area contributed by atoms with E-state index in [-0.39, 0.29) is 87.7 Å². The van der Waals surface area contributed by atoms with Gasteiger partial charge in [0.05, 0.1) is 136 Å². The Hall–Kier alpha value is -7.85. The number of nitrogens with one attached hydrogen (secondary N) is 4. The van der Waals surface area contributed by atoms with Crippen molar-refractivity contribution in [1.29, 1.82) is 0 Å². The molecule has 5 saturated carbocycles. The molecule has 3 unspecified atom stereocenters. The van der Waals surface area contributed by atoms with Gasteiger partial charge >= 0.3 is 0 Å². The smallest absolute Gasteiger partial charge is 0.253 e. The molecule has 4 atom stereocenters. The Morgan fingerprint density at radius 3 is 1.07 bits per heavy atom. The largest absolute Gasteiger partial charge is 0.390 e. The molecule has 5 fully saturated rings. The van der Waals surface area contributed by atoms with Crippen LogP contribution in [0.25, 0.3) is 54.5 Å². The molecule has 5 heterocycles. The van der Waals surface area contributed by atoms with E-state index < -0.39 is 45.7 Å². The van der Waals surface area contributed by atoms with Crippen molar-refractivity contribution in [2.75, 3.05) is 102 Å². The minimum Gasteiger partial charge on any atom is -0.390 e. The van der Waals surface area contributed by atoms with Crippen LogP contribution in [0.4, 0.5) is 13.2 Å². The van der Waals surface area contributed by atoms with Gasteiger partial charge < -0.3 is 98.1 Å². The standard InChI is InChI=1S/C20H25ClF2N2O3.C20H26ClFN2O3.C20H26ClNO3.C19H25ClN2O4.C19H25ClN2O3/c1-27-11-10-25-12-14(17-15(21)4-3-5-16(17)25)18(26)24-13-19(28-2)6-8-20(22,23)9-7-19;1-19(22)7-4-8-20(26,12-19)13-23-18(25)14-11-24(9-10-27-2)16-6-3-5-15(21)17(14)16;1-25-13-12-22-14-15(19-16(21)6-4-7-17(19)22)18(23)8-5-11-20(24)9-2-3-10-20;1-26-10-9-22-11-13(17-14(20)5-4-6-15(17)22)18(24)21-12-19(25)8-3-2-7-16(19)23;1-25-11-10-22-12-14(17-15(20)6-5-7-16(17)22)18(23)21-13-19(24)8-3-2-4-9-19/h3-5,12H,6-11,13H2,1-2H3,(H,24,26);3,5-6,11,26H,4,7-10,12-13H2,1-2H3,(H,23,25);4,6-7,14,24H,2-3,5,8-13H2,1H3;4-6,11,16,23,25H,2-3,7-10,12H2,1H3,(H,21,24);5-7,12,24H,2-4,8-11,13H2,1H3,(H,21,23)/t;19?,20-;;;/m.0.../s1. The summed E-state index contributed by atoms with van der Waals surface area (Å²) in [7, 11) is 9.68. The number of halogens is 8. The van der Waals surface area contributed by atoms with Crippen LogP contribution < -0.4 is 21.3 Å². The fourth-order valence-corrected chi connectivity index (χ4v) is 20.1. The fraction of sp³-hybridized carbons (Fsp3) is 0.541. The summed E-state index contributed by atoms with van der Waals surface area (Å²) in [6.07, 6.45) is 22.8. The van der Waals surface area contributed by atoms with Crippen molar-refractivity contribution in [2.45, 2.75) is 239 Å². The third-order valence-electron chi connectivity index (χ3n) is 26.2. The molecule has 0 saturated heterocycles. The SMILES string of the molecule is COCCn1cc(C(=O)CCCC2(O)CCCC2)c2c(Cl)cccc21.COCCn1cc(C(=O)NCC2(O)CCCCC2)c2c(Cl)cccc21.COCCn1cc(C(=O)NCC2(O)CCCCC2O)c2c(Cl)cccc21.COCCn1cc(C(=O)NCC2(OC)CCC(F)(F)CC2)c2c(Cl)cccc21.COCCn1cc(C(=O)NC[C@]2(O)CCCC(C)(F)C2)c2c(Cl)cccc21. The van der Waals surface area contributed by atoms with E-state index in [1.54, 1.807) is 78.4 Å². The van der Waals surface area contributed by atoms with Crippen LogP contribution in [0.3, 0.4) is 0 Å². The lowest BCUT2D eigenvalue weighted by atomic mass is 9.77. The Bertz CT molecular complexity index is 5520. The second-order valence-corrected chi connectivity index (χ2v) is 37.9. The normalized spacial score (nSPS) is 20.2. The van der Waals surface area contributed by atoms with E-state index in [0.717, 1.165) is 109 Å². The second kappa shape index (κ2) is 47.1. The predicted octanol–water partition coefficient (Wildman–Crippen LogP) is 18.3. The van der Waals surface area contributed by atoms with Crippen molar-refractivity contribution < 1.29 is 91.1 Å². The van der Waals surface area contributed by atoms with Crippen LogP contribution >= 0.6 is 58.0 Å². The van der Waals surface area contributed by atoms with E-state index in [9.17, 15) is 62.7 Å². The van der Waals surface area contributed by atoms with Crippen molar-refractivity contribution in [3.05, 3.63) is 175 Å². The molecular weight excluding hydrogens is 1790 g/mol. The summed E-state index contributed by atoms with van der Waals surface area (Å²) in [6, 6.07) is 27.8. The number of hydrogen-bond donors (Lipinski definition) is 9. The fourth-order valence-electron chi connectivity index (χ4n) is 18.8. The third-order valence-corrected chi connectivity index (χ3v) is 27.8. The molecule has 25 nitrogen and oxygen atoms in total. The summed E-state index contributed by atoms with van der Waals surface area (Å²) in [4.78, 5) is 64.1. The van der Waals surface area contributed by atoms with E-state index in [0.29, 0.717) is 186 Å². The van der Waals surface area contributed by atoms with Gasteiger partial charge in [0.25, 0.3) is 23.6 Å². The van der Waals surface area contributed by atoms with Crippen LogP contribution in [-0.4, -0.2) is 225 Å². The first-order valence-electron chi connectivity index (χ1n) is 45.3. The topological polar surface area (TPSA) is 315 Å². The van der Waals surface area contributed by atoms with Gasteiger partial charge in [0, 0.05) is 191 Å². The molecule has 0 bridgehead atoms. The predicted molar refractivity (Wildman–Crippen MR) is 509 cm³/mol. The molecule has 131 heavy (non-hydrogen) atoms. The van der Waals surface area contributed by atoms with Crippen molar-refractivity contribution in [3.8, 4) is 0 Å². The van der Waals surface area contributed by atoms with E-state index in [1.165, 1.54) is 14.0 Å². The van der Waals surface area contributed by atoms with Crippen LogP contribution in [0.1, 0.15) is 213 Å². The highest BCUT2D eigenvalue weighted by atomic mass is 35.5. The molecule has 10 aromatic rings. The Kier molecular flexibility index (Phi) is 37.2. The maximum atomic E-state index is 14.3. The number of benzene rings is 5. The molecule has 716 valence electrons. The zero-order valence-corrected chi connectivity index (χ0v) is 79.8. The molecular formula is C98H127Cl5F3N9O16. The number of hydrogen-bond acceptors (Lipinski definition) is 16. The first kappa shape index (κ1) is 104. The van der Waals surface area contributed by atoms with Crippen LogP contribution in [0.5, 0.6) is 0 Å². The highest BCUT2D eigenvalue weighted by Crippen LogP contribution is 2.43. The zero-order valence-electron chi connectivity index (χ0n) is 76.0. The number of aliphatic hydroxyl groups excluding tert-OH is 1. The first-order chi connectivity index (χ1) is 62.6. The van der Waals surface area contributed by atoms with Crippen LogP contribution in [0.2, 0.25) is 25.1 Å². The quantitative estimate of drug-likeness (QED) is 0.0173. The maximum absolute atomic E-state index is 14.3. The first-order valence-corrected chi connectivity index (χ1v) is 47.2. The molecule has 0 radical (unpaired) electrons. The van der Waals surface area contributed by atoms with Gasteiger partial charge in [-0.3, -0.25) is 24.0 Å². The number of alkyl halides is 3. The summed E-state index contributed by atoms with van der Waals surface area (Å²) >= 11 is 31.8. The van der Waals surface area contributed by atoms with Crippen molar-refractivity contribution in [3.63, 3.8) is 0 Å². The number of fused-ring (bicyclic) bond motifs is 5. The lowest BCUT2D eigenvalue weighted by Crippen LogP contribution is -2.53. The van der Waals surface area contributed by atoms with Gasteiger partial charge in [-0.25, -0.2) is 13.2 Å². The Morgan fingerprint density at radius 2 is 0.710 bits per heavy atom. The number of aliphatic hydroxyl groups is 5. The number of carbonyl (C=O) groups excluding carboxylic acids is 5. The van der Waals surface area contributed by atoms with Gasteiger partial charge in [-0.1, -0.05) is 133 Å². The number of carbonyl (C=O) groups is 5. The molecule has 5 aliphatic rings. The molecule has 33 heteroatoms. The van der Waals surface area contributed by atoms with E-state index in [2.05, 4.69) is 21.3 Å². The number of aromatic nitrogens is 5. The molecule has 5 aromatic heterocycles. The van der Waals surface area contributed by atoms with Crippen LogP contribution in [0, 0.1) is 0 Å². The van der Waals surface area contributed by atoms with Gasteiger partial charge in [-0.15, -0.1) is 0 Å². The van der Waals surface area contributed by atoms with Crippen molar-refractivity contribution >= 4 is 142 Å². The number of Topliss-reactive ketones (excluding diaryl/α,β-unsaturated/α-hetero) is 1. The number of ketones is 1. The average Bonchev–Trinajstić information content (AvgIpc) is 1.67. The van der Waals surface area contributed by atoms with Crippen LogP contribution in [-0.2, 0) is 61.1 Å². The second-order valence-electron chi connectivity index (χ2n) is 35.8. The minimum atomic E-state index is -2.66. The van der Waals surface area contributed by atoms with Crippen LogP contribution in [0.15, 0.2) is 122 Å². The average molecular weight is 1920 g/mol. The van der Waals surface area contributed by atoms with Gasteiger partial charge in [0.1, 0.15) is 11.3 Å². The van der Waals surface area contributed by atoms with Gasteiger partial charge in [-0.05, 0) is 151 Å². The van der Waals surface area contributed by atoms with Gasteiger partial charge in [0.2, 0.25) is 5.92 Å². The summed E-state index contributed by atoms with van der Waals surface area (Å²) in [5, 5.41) is 70.0. The summed E-state index contributed by atoms with van der Waals surface area (Å²) in [5.74, 6) is -3.71. The maximum Gasteiger partial charge on any atom is 0.253 e. The number of rotatable bonds is 33. The summed E-state index contributed by atoms with van der Waals surface area (Å²) < 4.78 is 82.3. The molecule has 5 aromatic carbocycles. The minimum absolute atomic E-state index is 0.0144. The Balaban J connectivity index is 0.000000158. The number of amides is 4. The highest BCUT2D eigenvalue weighted by molar-refractivity contribution is 6.39. The molecule has 15 rings (SSSR count). The number of methoxy groups -OCH3 is 6. The molecule has 4 amide bonds. The number of nitrogens with zero attached hydrogens (tertiary/aromatic N) is 5. The van der Waals surface area contributed by atoms with E-state index in [1.807, 2.05) is 102 Å². The molecule has 0 spiro atoms. The third kappa shape index (κ3) is 26.7. The summed E-state index contributed by atoms with van der Waals surface area (Å²) in [5.41, 5.74) is 0.959. The lowest BCUT2D eigenvalue weighted by molar-refractivity contribution is -0.116. The highest BCUT2D eigenvalue weighted by Gasteiger charge is 2.45. The lowest BCUT2D eigenvalue weighted by Gasteiger charge is -2.39. The monoisotopic (exact) mass is 1920 g/mol. The van der Waals surface area contributed by atoms with Gasteiger partial charge in [-0.2, -0.15) is 0 Å².